The van der Waals surface area contributed by atoms with E-state index in [1.807, 2.05) is 0 Å². The van der Waals surface area contributed by atoms with Crippen LogP contribution in [-0.2, 0) is 0 Å². The van der Waals surface area contributed by atoms with E-state index in [-0.39, 0.29) is 0 Å². The smallest absolute Gasteiger partial charge is 0.0143 e. The van der Waals surface area contributed by atoms with Crippen molar-refractivity contribution in [2.45, 2.75) is 50.3 Å². The van der Waals surface area contributed by atoms with E-state index >= 15 is 0 Å². The molecule has 1 rings (SSSR count). The van der Waals surface area contributed by atoms with Crippen LogP contribution in [0.25, 0.3) is 0 Å². The highest BCUT2D eigenvalue weighted by Gasteiger charge is 2.17. The van der Waals surface area contributed by atoms with Crippen LogP contribution in [0.3, 0.4) is 0 Å². The minimum Gasteiger partial charge on any atom is -0.0891 e. The van der Waals surface area contributed by atoms with Crippen LogP contribution >= 0.6 is 15.9 Å². The molecule has 0 saturated heterocycles. The standard InChI is InChI=1S/C9H17Br/c1-2-9(10)7-6-8-4-3-5-8/h8-9H,2-7H2,1H3. The summed E-state index contributed by atoms with van der Waals surface area (Å²) in [6.45, 7) is 2.25. The summed E-state index contributed by atoms with van der Waals surface area (Å²) in [6, 6.07) is 0. The highest BCUT2D eigenvalue weighted by molar-refractivity contribution is 9.09. The lowest BCUT2D eigenvalue weighted by atomic mass is 9.82. The highest BCUT2D eigenvalue weighted by atomic mass is 79.9. The van der Waals surface area contributed by atoms with Gasteiger partial charge in [0.2, 0.25) is 0 Å². The highest BCUT2D eigenvalue weighted by Crippen LogP contribution is 2.31. The molecule has 0 heterocycles. The summed E-state index contributed by atoms with van der Waals surface area (Å²) in [5.41, 5.74) is 0. The molecular formula is C9H17Br. The molecule has 0 aromatic heterocycles. The molecule has 1 aliphatic rings. The van der Waals surface area contributed by atoms with Crippen molar-refractivity contribution >= 4 is 15.9 Å². The van der Waals surface area contributed by atoms with E-state index in [4.69, 9.17) is 0 Å². The van der Waals surface area contributed by atoms with Crippen molar-refractivity contribution in [2.75, 3.05) is 0 Å². The number of alkyl halides is 1. The van der Waals surface area contributed by atoms with Crippen LogP contribution in [0, 0.1) is 5.92 Å². The molecule has 0 N–H and O–H groups in total. The Morgan fingerprint density at radius 1 is 1.50 bits per heavy atom. The summed E-state index contributed by atoms with van der Waals surface area (Å²) in [7, 11) is 0. The van der Waals surface area contributed by atoms with E-state index in [2.05, 4.69) is 22.9 Å². The van der Waals surface area contributed by atoms with Gasteiger partial charge in [0.25, 0.3) is 0 Å². The van der Waals surface area contributed by atoms with Crippen LogP contribution in [0.15, 0.2) is 0 Å². The van der Waals surface area contributed by atoms with Gasteiger partial charge < -0.3 is 0 Å². The molecular weight excluding hydrogens is 188 g/mol. The molecule has 1 aliphatic carbocycles. The van der Waals surface area contributed by atoms with Crippen LogP contribution in [0.2, 0.25) is 0 Å². The average molecular weight is 205 g/mol. The summed E-state index contributed by atoms with van der Waals surface area (Å²) in [6.07, 6.45) is 8.63. The van der Waals surface area contributed by atoms with Gasteiger partial charge in [-0.25, -0.2) is 0 Å². The molecule has 1 unspecified atom stereocenters. The fourth-order valence-electron chi connectivity index (χ4n) is 1.40. The quantitative estimate of drug-likeness (QED) is 0.613. The first-order valence-corrected chi connectivity index (χ1v) is 5.38. The van der Waals surface area contributed by atoms with E-state index in [1.165, 1.54) is 38.5 Å². The molecule has 1 atom stereocenters. The van der Waals surface area contributed by atoms with E-state index < -0.39 is 0 Å². The summed E-state index contributed by atoms with van der Waals surface area (Å²) in [5.74, 6) is 1.09. The monoisotopic (exact) mass is 204 g/mol. The number of rotatable bonds is 4. The van der Waals surface area contributed by atoms with Crippen molar-refractivity contribution in [3.63, 3.8) is 0 Å². The van der Waals surface area contributed by atoms with Crippen molar-refractivity contribution in [2.24, 2.45) is 5.92 Å². The van der Waals surface area contributed by atoms with Crippen molar-refractivity contribution in [3.05, 3.63) is 0 Å². The molecule has 0 bridgehead atoms. The summed E-state index contributed by atoms with van der Waals surface area (Å²) in [4.78, 5) is 0.785. The Kier molecular flexibility index (Phi) is 3.75. The largest absolute Gasteiger partial charge is 0.0891 e. The molecule has 0 aliphatic heterocycles. The number of hydrogen-bond donors (Lipinski definition) is 0. The Balaban J connectivity index is 1.93. The fraction of sp³-hybridized carbons (Fsp3) is 1.00. The van der Waals surface area contributed by atoms with E-state index in [9.17, 15) is 0 Å². The first-order valence-electron chi connectivity index (χ1n) is 4.47. The molecule has 0 nitrogen and oxygen atoms in total. The Morgan fingerprint density at radius 2 is 2.20 bits per heavy atom. The maximum absolute atomic E-state index is 3.66. The second-order valence-corrected chi connectivity index (χ2v) is 4.67. The van der Waals surface area contributed by atoms with Crippen LogP contribution in [0.4, 0.5) is 0 Å². The summed E-state index contributed by atoms with van der Waals surface area (Å²) in [5, 5.41) is 0. The second-order valence-electron chi connectivity index (χ2n) is 3.38. The van der Waals surface area contributed by atoms with Gasteiger partial charge in [0, 0.05) is 4.83 Å². The normalized spacial score (nSPS) is 22.2. The molecule has 1 fully saturated rings. The maximum Gasteiger partial charge on any atom is 0.0143 e. The van der Waals surface area contributed by atoms with Gasteiger partial charge >= 0.3 is 0 Å². The SMILES string of the molecule is CCC(Br)CCC1CCC1. The van der Waals surface area contributed by atoms with Gasteiger partial charge in [-0.05, 0) is 25.2 Å². The molecule has 1 saturated carbocycles. The fourth-order valence-corrected chi connectivity index (χ4v) is 1.67. The van der Waals surface area contributed by atoms with E-state index in [0.717, 1.165) is 10.7 Å². The molecule has 0 radical (unpaired) electrons. The van der Waals surface area contributed by atoms with Crippen molar-refractivity contribution in [1.29, 1.82) is 0 Å². The molecule has 1 heteroatoms. The van der Waals surface area contributed by atoms with Gasteiger partial charge in [0.05, 0.1) is 0 Å². The second kappa shape index (κ2) is 4.38. The molecule has 0 amide bonds. The van der Waals surface area contributed by atoms with Crippen molar-refractivity contribution in [1.82, 2.24) is 0 Å². The van der Waals surface area contributed by atoms with Crippen molar-refractivity contribution < 1.29 is 0 Å². The van der Waals surface area contributed by atoms with Gasteiger partial charge in [0.15, 0.2) is 0 Å². The van der Waals surface area contributed by atoms with Gasteiger partial charge in [-0.15, -0.1) is 0 Å². The van der Waals surface area contributed by atoms with Crippen molar-refractivity contribution in [3.8, 4) is 0 Å². The lowest BCUT2D eigenvalue weighted by Crippen LogP contribution is -2.12. The molecule has 60 valence electrons. The Labute approximate surface area is 72.5 Å². The van der Waals surface area contributed by atoms with Crippen LogP contribution in [0.5, 0.6) is 0 Å². The average Bonchev–Trinajstić information content (AvgIpc) is 1.84. The molecule has 0 aromatic rings. The maximum atomic E-state index is 3.66. The summed E-state index contributed by atoms with van der Waals surface area (Å²) >= 11 is 3.66. The third kappa shape index (κ3) is 2.61. The number of hydrogen-bond acceptors (Lipinski definition) is 0. The first kappa shape index (κ1) is 8.58. The first-order chi connectivity index (χ1) is 4.83. The zero-order valence-corrected chi connectivity index (χ0v) is 8.36. The minimum absolute atomic E-state index is 0.785. The van der Waals surface area contributed by atoms with Gasteiger partial charge in [-0.1, -0.05) is 42.1 Å². The predicted octanol–water partition coefficient (Wildman–Crippen LogP) is 3.74. The van der Waals surface area contributed by atoms with E-state index in [1.54, 1.807) is 0 Å². The third-order valence-corrected chi connectivity index (χ3v) is 3.66. The van der Waals surface area contributed by atoms with Gasteiger partial charge in [0.1, 0.15) is 0 Å². The Morgan fingerprint density at radius 3 is 2.60 bits per heavy atom. The van der Waals surface area contributed by atoms with Crippen LogP contribution in [-0.4, -0.2) is 4.83 Å². The summed E-state index contributed by atoms with van der Waals surface area (Å²) < 4.78 is 0. The Hall–Kier alpha value is 0.480. The van der Waals surface area contributed by atoms with Gasteiger partial charge in [-0.2, -0.15) is 0 Å². The topological polar surface area (TPSA) is 0 Å². The van der Waals surface area contributed by atoms with Gasteiger partial charge in [-0.3, -0.25) is 0 Å². The van der Waals surface area contributed by atoms with Crippen LogP contribution < -0.4 is 0 Å². The molecule has 10 heavy (non-hydrogen) atoms. The zero-order chi connectivity index (χ0) is 7.40. The predicted molar refractivity (Wildman–Crippen MR) is 49.6 cm³/mol. The Bertz CT molecular complexity index is 82.0. The number of halogens is 1. The lowest BCUT2D eigenvalue weighted by molar-refractivity contribution is 0.289. The molecule has 0 aromatic carbocycles. The molecule has 0 spiro atoms. The van der Waals surface area contributed by atoms with Crippen LogP contribution in [0.1, 0.15) is 45.4 Å². The van der Waals surface area contributed by atoms with E-state index in [0.29, 0.717) is 0 Å². The zero-order valence-electron chi connectivity index (χ0n) is 6.78. The third-order valence-electron chi connectivity index (χ3n) is 2.56. The minimum atomic E-state index is 0.785. The lowest BCUT2D eigenvalue weighted by Gasteiger charge is -2.25.